The van der Waals surface area contributed by atoms with Crippen molar-refractivity contribution in [2.24, 2.45) is 0 Å². The Hall–Kier alpha value is -3.33. The summed E-state index contributed by atoms with van der Waals surface area (Å²) in [6, 6.07) is 16.4. The van der Waals surface area contributed by atoms with Crippen LogP contribution in [0.1, 0.15) is 10.8 Å². The van der Waals surface area contributed by atoms with E-state index in [9.17, 15) is 4.79 Å². The summed E-state index contributed by atoms with van der Waals surface area (Å²) < 4.78 is 5.13. The van der Waals surface area contributed by atoms with E-state index in [4.69, 9.17) is 16.2 Å². The number of amides is 1. The van der Waals surface area contributed by atoms with E-state index >= 15 is 0 Å². The zero-order chi connectivity index (χ0) is 19.2. The molecule has 0 aliphatic rings. The molecule has 5 N–H and O–H groups in total. The maximum atomic E-state index is 12.9. The Balaban J connectivity index is 1.85. The second kappa shape index (κ2) is 8.37. The molecule has 27 heavy (non-hydrogen) atoms. The number of nitrogen functional groups attached to an aromatic ring is 2. The van der Waals surface area contributed by atoms with E-state index < -0.39 is 5.25 Å². The van der Waals surface area contributed by atoms with Crippen molar-refractivity contribution >= 4 is 35.3 Å². The highest BCUT2D eigenvalue weighted by molar-refractivity contribution is 8.00. The Labute approximate surface area is 160 Å². The minimum atomic E-state index is -0.602. The molecule has 8 nitrogen and oxygen atoms in total. The summed E-state index contributed by atoms with van der Waals surface area (Å²) in [6.45, 7) is 0. The van der Waals surface area contributed by atoms with Gasteiger partial charge in [0.25, 0.3) is 0 Å². The number of methoxy groups -OCH3 is 1. The van der Waals surface area contributed by atoms with Crippen molar-refractivity contribution in [2.75, 3.05) is 23.9 Å². The van der Waals surface area contributed by atoms with E-state index in [0.717, 1.165) is 17.3 Å². The molecule has 138 valence electrons. The zero-order valence-corrected chi connectivity index (χ0v) is 15.3. The molecule has 0 unspecified atom stereocenters. The number of hydrogen-bond acceptors (Lipinski definition) is 8. The lowest BCUT2D eigenvalue weighted by molar-refractivity contribution is -0.115. The molecule has 2 aromatic carbocycles. The van der Waals surface area contributed by atoms with Crippen LogP contribution in [0.3, 0.4) is 0 Å². The van der Waals surface area contributed by atoms with Crippen molar-refractivity contribution in [3.63, 3.8) is 0 Å². The van der Waals surface area contributed by atoms with Gasteiger partial charge in [-0.2, -0.15) is 15.0 Å². The van der Waals surface area contributed by atoms with Gasteiger partial charge in [-0.3, -0.25) is 4.79 Å². The van der Waals surface area contributed by atoms with E-state index in [1.165, 1.54) is 0 Å². The monoisotopic (exact) mass is 382 g/mol. The Morgan fingerprint density at radius 3 is 2.22 bits per heavy atom. The van der Waals surface area contributed by atoms with Crippen LogP contribution in [0.5, 0.6) is 5.75 Å². The lowest BCUT2D eigenvalue weighted by atomic mass is 10.1. The third kappa shape index (κ3) is 4.85. The molecule has 3 rings (SSSR count). The summed E-state index contributed by atoms with van der Waals surface area (Å²) in [7, 11) is 1.59. The van der Waals surface area contributed by atoms with Gasteiger partial charge in [0.2, 0.25) is 17.8 Å². The number of nitrogens with one attached hydrogen (secondary N) is 1. The van der Waals surface area contributed by atoms with Crippen molar-refractivity contribution in [1.82, 2.24) is 15.0 Å². The number of anilines is 3. The number of thioether (sulfide) groups is 1. The lowest BCUT2D eigenvalue weighted by Gasteiger charge is -2.16. The predicted molar refractivity (Wildman–Crippen MR) is 105 cm³/mol. The SMILES string of the molecule is COc1ccc(NC(=O)[C@@H](Sc2nc(N)nc(N)n2)c2ccccc2)cc1. The molecule has 0 radical (unpaired) electrons. The molecule has 3 aromatic rings. The smallest absolute Gasteiger partial charge is 0.242 e. The second-order valence-electron chi connectivity index (χ2n) is 5.46. The van der Waals surface area contributed by atoms with Gasteiger partial charge in [0.05, 0.1) is 7.11 Å². The van der Waals surface area contributed by atoms with Gasteiger partial charge in [0, 0.05) is 5.69 Å². The Kier molecular flexibility index (Phi) is 5.72. The van der Waals surface area contributed by atoms with Crippen LogP contribution in [0.2, 0.25) is 0 Å². The third-order valence-corrected chi connectivity index (χ3v) is 4.69. The summed E-state index contributed by atoms with van der Waals surface area (Å²) >= 11 is 1.15. The molecular formula is C18H18N6O2S. The zero-order valence-electron chi connectivity index (χ0n) is 14.5. The minimum Gasteiger partial charge on any atom is -0.497 e. The van der Waals surface area contributed by atoms with E-state index in [1.54, 1.807) is 31.4 Å². The highest BCUT2D eigenvalue weighted by Gasteiger charge is 2.24. The predicted octanol–water partition coefficient (Wildman–Crippen LogP) is 2.52. The first-order valence-electron chi connectivity index (χ1n) is 7.98. The van der Waals surface area contributed by atoms with Crippen molar-refractivity contribution in [3.05, 3.63) is 60.2 Å². The van der Waals surface area contributed by atoms with E-state index in [-0.39, 0.29) is 23.0 Å². The van der Waals surface area contributed by atoms with Crippen LogP contribution in [0.15, 0.2) is 59.8 Å². The Morgan fingerprint density at radius 2 is 1.63 bits per heavy atom. The number of rotatable bonds is 6. The normalized spacial score (nSPS) is 11.6. The van der Waals surface area contributed by atoms with Gasteiger partial charge < -0.3 is 21.5 Å². The number of hydrogen-bond donors (Lipinski definition) is 3. The molecule has 0 saturated heterocycles. The summed E-state index contributed by atoms with van der Waals surface area (Å²) in [5, 5.41) is 2.57. The van der Waals surface area contributed by atoms with Gasteiger partial charge in [-0.05, 0) is 29.8 Å². The van der Waals surface area contributed by atoms with Crippen molar-refractivity contribution in [2.45, 2.75) is 10.4 Å². The van der Waals surface area contributed by atoms with Crippen molar-refractivity contribution < 1.29 is 9.53 Å². The minimum absolute atomic E-state index is 0.00683. The first-order chi connectivity index (χ1) is 13.0. The number of carbonyl (C=O) groups excluding carboxylic acids is 1. The quantitative estimate of drug-likeness (QED) is 0.555. The number of nitrogens with two attached hydrogens (primary N) is 2. The molecule has 9 heteroatoms. The number of carbonyl (C=O) groups is 1. The molecule has 0 bridgehead atoms. The van der Waals surface area contributed by atoms with Gasteiger partial charge >= 0.3 is 0 Å². The van der Waals surface area contributed by atoms with Gasteiger partial charge in [0.1, 0.15) is 11.0 Å². The van der Waals surface area contributed by atoms with Gasteiger partial charge in [0.15, 0.2) is 5.16 Å². The summed E-state index contributed by atoms with van der Waals surface area (Å²) in [6.07, 6.45) is 0. The fraction of sp³-hybridized carbons (Fsp3) is 0.111. The van der Waals surface area contributed by atoms with Gasteiger partial charge in [-0.25, -0.2) is 0 Å². The average molecular weight is 382 g/mol. The highest BCUT2D eigenvalue weighted by atomic mass is 32.2. The molecule has 1 amide bonds. The second-order valence-corrected chi connectivity index (χ2v) is 6.53. The summed E-state index contributed by atoms with van der Waals surface area (Å²) in [4.78, 5) is 24.8. The fourth-order valence-electron chi connectivity index (χ4n) is 2.33. The number of ether oxygens (including phenoxy) is 1. The van der Waals surface area contributed by atoms with Crippen molar-refractivity contribution in [1.29, 1.82) is 0 Å². The fourth-order valence-corrected chi connectivity index (χ4v) is 3.29. The molecular weight excluding hydrogens is 364 g/mol. The Morgan fingerprint density at radius 1 is 1.00 bits per heavy atom. The van der Waals surface area contributed by atoms with Gasteiger partial charge in [-0.15, -0.1) is 0 Å². The molecule has 0 fully saturated rings. The molecule has 0 saturated carbocycles. The third-order valence-electron chi connectivity index (χ3n) is 3.57. The van der Waals surface area contributed by atoms with E-state index in [1.807, 2.05) is 30.3 Å². The highest BCUT2D eigenvalue weighted by Crippen LogP contribution is 2.34. The van der Waals surface area contributed by atoms with E-state index in [0.29, 0.717) is 11.4 Å². The van der Waals surface area contributed by atoms with Gasteiger partial charge in [-0.1, -0.05) is 42.1 Å². The maximum Gasteiger partial charge on any atom is 0.242 e. The van der Waals surface area contributed by atoms with Crippen LogP contribution in [0, 0.1) is 0 Å². The average Bonchev–Trinajstić information content (AvgIpc) is 2.66. The van der Waals surface area contributed by atoms with E-state index in [2.05, 4.69) is 20.3 Å². The largest absolute Gasteiger partial charge is 0.497 e. The van der Waals surface area contributed by atoms with Crippen LogP contribution in [0.25, 0.3) is 0 Å². The first kappa shape index (κ1) is 18.5. The molecule has 0 aliphatic carbocycles. The first-order valence-corrected chi connectivity index (χ1v) is 8.86. The molecule has 1 heterocycles. The molecule has 1 aromatic heterocycles. The lowest BCUT2D eigenvalue weighted by Crippen LogP contribution is -2.19. The van der Waals surface area contributed by atoms with Crippen molar-refractivity contribution in [3.8, 4) is 5.75 Å². The Bertz CT molecular complexity index is 901. The van der Waals surface area contributed by atoms with Crippen LogP contribution >= 0.6 is 11.8 Å². The van der Waals surface area contributed by atoms with Crippen LogP contribution in [-0.2, 0) is 4.79 Å². The molecule has 0 spiro atoms. The topological polar surface area (TPSA) is 129 Å². The standard InChI is InChI=1S/C18H18N6O2S/c1-26-13-9-7-12(8-10-13)21-15(25)14(11-5-3-2-4-6-11)27-18-23-16(19)22-17(20)24-18/h2-10,14H,1H3,(H,21,25)(H4,19,20,22,23,24)/t14-/m0/s1. The molecule has 1 atom stereocenters. The number of aromatic nitrogens is 3. The number of benzene rings is 2. The van der Waals surface area contributed by atoms with Crippen LogP contribution in [-0.4, -0.2) is 28.0 Å². The van der Waals surface area contributed by atoms with Crippen LogP contribution < -0.4 is 21.5 Å². The molecule has 0 aliphatic heterocycles. The van der Waals surface area contributed by atoms with Crippen LogP contribution in [0.4, 0.5) is 17.6 Å². The summed E-state index contributed by atoms with van der Waals surface area (Å²) in [5.74, 6) is 0.492. The maximum absolute atomic E-state index is 12.9. The summed E-state index contributed by atoms with van der Waals surface area (Å²) in [5.41, 5.74) is 12.7. The number of nitrogens with zero attached hydrogens (tertiary/aromatic N) is 3.